The number of aryl methyl sites for hydroxylation is 2. The number of rotatable bonds is 16. The van der Waals surface area contributed by atoms with Crippen LogP contribution in [0.4, 0.5) is 0 Å². The molecule has 2 aromatic carbocycles. The Morgan fingerprint density at radius 3 is 2.05 bits per heavy atom. The number of methoxy groups -OCH3 is 2. The molecule has 0 aliphatic carbocycles. The first-order valence-electron chi connectivity index (χ1n) is 18.6. The van der Waals surface area contributed by atoms with Crippen molar-refractivity contribution < 1.29 is 57.5 Å². The van der Waals surface area contributed by atoms with E-state index >= 15 is 0 Å². The number of esters is 2. The number of Topliss-reactive ketones (excluding diaryl/α,β-unsaturated/α-hetero) is 1. The third-order valence-electron chi connectivity index (χ3n) is 8.10. The van der Waals surface area contributed by atoms with Gasteiger partial charge in [-0.3, -0.25) is 19.3 Å². The first kappa shape index (κ1) is 49.1. The molecular formula is C43H63NO12. The molecule has 2 aromatic rings. The van der Waals surface area contributed by atoms with Gasteiger partial charge in [0, 0.05) is 6.08 Å². The van der Waals surface area contributed by atoms with Crippen molar-refractivity contribution in [3.63, 3.8) is 0 Å². The molecule has 0 saturated carbocycles. The number of aliphatic carboxylic acids is 1. The number of benzene rings is 2. The van der Waals surface area contributed by atoms with Gasteiger partial charge in [0.15, 0.2) is 24.4 Å². The van der Waals surface area contributed by atoms with E-state index in [1.807, 2.05) is 83.8 Å². The Kier molecular flexibility index (Phi) is 20.4. The smallest absolute Gasteiger partial charge is 0.344 e. The van der Waals surface area contributed by atoms with Gasteiger partial charge in [-0.05, 0) is 136 Å². The van der Waals surface area contributed by atoms with E-state index in [1.54, 1.807) is 14.2 Å². The van der Waals surface area contributed by atoms with Crippen molar-refractivity contribution in [3.05, 3.63) is 60.2 Å². The van der Waals surface area contributed by atoms with Crippen molar-refractivity contribution in [1.82, 2.24) is 4.90 Å². The highest BCUT2D eigenvalue weighted by molar-refractivity contribution is 6.27. The molecule has 1 heterocycles. The van der Waals surface area contributed by atoms with Crippen LogP contribution in [0.2, 0.25) is 0 Å². The maximum Gasteiger partial charge on any atom is 0.344 e. The first-order chi connectivity index (χ1) is 26.0. The predicted molar refractivity (Wildman–Crippen MR) is 214 cm³/mol. The molecule has 0 spiro atoms. The number of hydrogen-bond donors (Lipinski definition) is 1. The Morgan fingerprint density at radius 1 is 0.893 bits per heavy atom. The Hall–Kier alpha value is -4.91. The van der Waals surface area contributed by atoms with Gasteiger partial charge >= 0.3 is 17.9 Å². The summed E-state index contributed by atoms with van der Waals surface area (Å²) in [6.45, 7) is 18.5. The average Bonchev–Trinajstić information content (AvgIpc) is 3.11. The van der Waals surface area contributed by atoms with E-state index in [9.17, 15) is 24.0 Å². The standard InChI is InChI=1S/C27H38O6.C9H12O4.C7H13NO2/c1-26(2,3)32-23-17-20(16-22(29-7)25(23)30-8)13-9-11-19-12-10-14-21(15-19)31-18-24(28)33-27(4,5)6;1-4-8(12)13-6-9(2,3)7(11)5-10;1-8-5-3-2-4-6(8)7(9)10/h10,12,14-17H,9,11,13,18H2,1-8H3;4-5H,1,6H2,2-3H3;6H,2-5H2,1H3,(H,9,10). The molecule has 1 atom stereocenters. The van der Waals surface area contributed by atoms with Gasteiger partial charge in [-0.25, -0.2) is 9.59 Å². The van der Waals surface area contributed by atoms with Crippen LogP contribution >= 0.6 is 0 Å². The fraction of sp³-hybridized carbons (Fsp3) is 0.558. The zero-order valence-electron chi connectivity index (χ0n) is 35.2. The van der Waals surface area contributed by atoms with Gasteiger partial charge in [-0.1, -0.05) is 25.1 Å². The Labute approximate surface area is 332 Å². The lowest BCUT2D eigenvalue weighted by Crippen LogP contribution is -2.41. The molecule has 0 amide bonds. The summed E-state index contributed by atoms with van der Waals surface area (Å²) >= 11 is 0. The summed E-state index contributed by atoms with van der Waals surface area (Å²) in [5, 5.41) is 8.67. The Bertz CT molecular complexity index is 1600. The number of piperidine rings is 1. The summed E-state index contributed by atoms with van der Waals surface area (Å²) in [5.41, 5.74) is 0.425. The number of carbonyl (C=O) groups is 5. The monoisotopic (exact) mass is 785 g/mol. The van der Waals surface area contributed by atoms with Crippen LogP contribution in [0.15, 0.2) is 49.1 Å². The largest absolute Gasteiger partial charge is 0.493 e. The van der Waals surface area contributed by atoms with E-state index < -0.39 is 28.7 Å². The SMILES string of the molecule is C=CC(=O)OCC(C)(C)C(=O)C=O.CN1CCCCC1C(=O)O.COc1cc(CCCc2cccc(OCC(=O)OC(C)(C)C)c2)cc(OC(C)(C)C)c1OC. The van der Waals surface area contributed by atoms with Crippen molar-refractivity contribution in [1.29, 1.82) is 0 Å². The highest BCUT2D eigenvalue weighted by atomic mass is 16.6. The highest BCUT2D eigenvalue weighted by Gasteiger charge is 2.28. The molecule has 13 heteroatoms. The van der Waals surface area contributed by atoms with Crippen molar-refractivity contribution in [3.8, 4) is 23.0 Å². The molecule has 3 rings (SSSR count). The number of carbonyl (C=O) groups excluding carboxylic acids is 4. The fourth-order valence-corrected chi connectivity index (χ4v) is 5.26. The number of aldehydes is 1. The van der Waals surface area contributed by atoms with E-state index in [1.165, 1.54) is 13.8 Å². The second kappa shape index (κ2) is 23.2. The minimum Gasteiger partial charge on any atom is -0.493 e. The van der Waals surface area contributed by atoms with Crippen LogP contribution in [0.5, 0.6) is 23.0 Å². The van der Waals surface area contributed by atoms with Crippen LogP contribution in [0.25, 0.3) is 0 Å². The number of carboxylic acids is 1. The maximum atomic E-state index is 11.9. The van der Waals surface area contributed by atoms with Gasteiger partial charge in [0.05, 0.1) is 19.6 Å². The molecule has 1 aliphatic heterocycles. The molecule has 13 nitrogen and oxygen atoms in total. The highest BCUT2D eigenvalue weighted by Crippen LogP contribution is 2.40. The van der Waals surface area contributed by atoms with E-state index in [-0.39, 0.29) is 37.1 Å². The number of likely N-dealkylation sites (N-methyl/N-ethyl adjacent to an activating group) is 1. The lowest BCUT2D eigenvalue weighted by molar-refractivity contribution is -0.157. The number of carboxylic acid groups (broad SMARTS) is 1. The van der Waals surface area contributed by atoms with Crippen molar-refractivity contribution in [2.24, 2.45) is 5.41 Å². The summed E-state index contributed by atoms with van der Waals surface area (Å²) < 4.78 is 32.7. The molecular weight excluding hydrogens is 722 g/mol. The normalized spacial score (nSPS) is 14.3. The summed E-state index contributed by atoms with van der Waals surface area (Å²) in [6.07, 6.45) is 6.88. The maximum absolute atomic E-state index is 11.9. The topological polar surface area (TPSA) is 164 Å². The summed E-state index contributed by atoms with van der Waals surface area (Å²) in [7, 11) is 5.12. The van der Waals surface area contributed by atoms with Crippen molar-refractivity contribution in [2.45, 2.75) is 111 Å². The van der Waals surface area contributed by atoms with Crippen LogP contribution in [-0.4, -0.2) is 98.3 Å². The molecule has 56 heavy (non-hydrogen) atoms. The van der Waals surface area contributed by atoms with Crippen LogP contribution in [0.1, 0.15) is 92.2 Å². The fourth-order valence-electron chi connectivity index (χ4n) is 5.26. The number of nitrogens with zero attached hydrogens (tertiary/aromatic N) is 1. The van der Waals surface area contributed by atoms with Crippen LogP contribution in [0.3, 0.4) is 0 Å². The molecule has 1 N–H and O–H groups in total. The molecule has 1 unspecified atom stereocenters. The first-order valence-corrected chi connectivity index (χ1v) is 18.6. The van der Waals surface area contributed by atoms with Crippen LogP contribution < -0.4 is 18.9 Å². The summed E-state index contributed by atoms with van der Waals surface area (Å²) in [6, 6.07) is 11.6. The second-order valence-corrected chi connectivity index (χ2v) is 15.9. The van der Waals surface area contributed by atoms with Crippen LogP contribution in [0, 0.1) is 5.41 Å². The van der Waals surface area contributed by atoms with Crippen LogP contribution in [-0.2, 0) is 46.3 Å². The Balaban J connectivity index is 0.000000553. The number of ketones is 1. The molecule has 312 valence electrons. The quantitative estimate of drug-likeness (QED) is 0.0815. The summed E-state index contributed by atoms with van der Waals surface area (Å²) in [4.78, 5) is 56.0. The number of likely N-dealkylation sites (tertiary alicyclic amines) is 1. The van der Waals surface area contributed by atoms with Gasteiger partial charge in [0.1, 0.15) is 29.6 Å². The lowest BCUT2D eigenvalue weighted by atomic mass is 9.90. The summed E-state index contributed by atoms with van der Waals surface area (Å²) in [5.74, 6) is 0.341. The zero-order valence-corrected chi connectivity index (χ0v) is 35.2. The van der Waals surface area contributed by atoms with E-state index in [0.29, 0.717) is 23.0 Å². The average molecular weight is 786 g/mol. The van der Waals surface area contributed by atoms with Gasteiger partial charge in [0.25, 0.3) is 0 Å². The van der Waals surface area contributed by atoms with Gasteiger partial charge < -0.3 is 33.5 Å². The number of ether oxygens (including phenoxy) is 6. The molecule has 1 aliphatic rings. The Morgan fingerprint density at radius 2 is 1.54 bits per heavy atom. The molecule has 0 radical (unpaired) electrons. The van der Waals surface area contributed by atoms with Gasteiger partial charge in [-0.15, -0.1) is 0 Å². The van der Waals surface area contributed by atoms with E-state index in [2.05, 4.69) is 17.4 Å². The van der Waals surface area contributed by atoms with Crippen molar-refractivity contribution >= 4 is 30.0 Å². The third-order valence-corrected chi connectivity index (χ3v) is 8.10. The molecule has 0 aromatic heterocycles. The number of hydrogen-bond acceptors (Lipinski definition) is 12. The van der Waals surface area contributed by atoms with E-state index in [0.717, 1.165) is 62.3 Å². The minimum atomic E-state index is -0.958. The lowest BCUT2D eigenvalue weighted by Gasteiger charge is -2.28. The minimum absolute atomic E-state index is 0.108. The van der Waals surface area contributed by atoms with Gasteiger partial charge in [-0.2, -0.15) is 0 Å². The van der Waals surface area contributed by atoms with E-state index in [4.69, 9.17) is 28.8 Å². The molecule has 0 bridgehead atoms. The third kappa shape index (κ3) is 19.1. The molecule has 1 saturated heterocycles. The second-order valence-electron chi connectivity index (χ2n) is 15.9. The zero-order chi connectivity index (χ0) is 42.7. The van der Waals surface area contributed by atoms with Gasteiger partial charge in [0.2, 0.25) is 11.5 Å². The van der Waals surface area contributed by atoms with Crippen molar-refractivity contribution in [2.75, 3.05) is 41.0 Å². The molecule has 1 fully saturated rings. The predicted octanol–water partition coefficient (Wildman–Crippen LogP) is 6.84.